The van der Waals surface area contributed by atoms with Crippen molar-refractivity contribution in [3.8, 4) is 0 Å². The molecule has 0 aliphatic heterocycles. The highest BCUT2D eigenvalue weighted by Crippen LogP contribution is 2.50. The van der Waals surface area contributed by atoms with Crippen molar-refractivity contribution in [3.63, 3.8) is 0 Å². The van der Waals surface area contributed by atoms with Crippen molar-refractivity contribution in [2.75, 3.05) is 0 Å². The second kappa shape index (κ2) is 5.89. The molecule has 2 rings (SSSR count). The lowest BCUT2D eigenvalue weighted by Crippen LogP contribution is -2.15. The van der Waals surface area contributed by atoms with E-state index in [9.17, 15) is 0 Å². The van der Waals surface area contributed by atoms with Gasteiger partial charge in [0.2, 0.25) is 0 Å². The summed E-state index contributed by atoms with van der Waals surface area (Å²) < 4.78 is 0. The van der Waals surface area contributed by atoms with E-state index < -0.39 is 0 Å². The van der Waals surface area contributed by atoms with Gasteiger partial charge in [-0.1, -0.05) is 68.8 Å². The number of benzene rings is 1. The van der Waals surface area contributed by atoms with Crippen molar-refractivity contribution in [2.45, 2.75) is 39.5 Å². The maximum Gasteiger partial charge on any atom is 0.0155 e. The van der Waals surface area contributed by atoms with Crippen molar-refractivity contribution < 1.29 is 0 Å². The van der Waals surface area contributed by atoms with Gasteiger partial charge in [-0.3, -0.25) is 0 Å². The quantitative estimate of drug-likeness (QED) is 0.593. The van der Waals surface area contributed by atoms with Crippen LogP contribution in [0, 0.1) is 12.8 Å². The third kappa shape index (κ3) is 2.81. The smallest absolute Gasteiger partial charge is 0.0155 e. The Morgan fingerprint density at radius 3 is 2.57 bits per heavy atom. The molecule has 0 nitrogen and oxygen atoms in total. The molecule has 1 aromatic carbocycles. The molecule has 0 amide bonds. The highest BCUT2D eigenvalue weighted by atomic mass is 14.4. The van der Waals surface area contributed by atoms with Gasteiger partial charge in [0.1, 0.15) is 0 Å². The minimum absolute atomic E-state index is 0.0527. The first-order valence-corrected chi connectivity index (χ1v) is 7.69. The standard InChI is InChI=1S/C21H26/c1-7-9-10-19-18(13-15(3)8-2)17-12-11-16(4)14-20(17)21(19,5)6/h7-8,10-15H,1-2,9H2,3-6H3/b18-13-,19-10+. The molecule has 110 valence electrons. The largest absolute Gasteiger partial charge is 0.103 e. The van der Waals surface area contributed by atoms with Gasteiger partial charge in [0.25, 0.3) is 0 Å². The second-order valence-corrected chi connectivity index (χ2v) is 6.49. The molecule has 1 aromatic rings. The van der Waals surface area contributed by atoms with Crippen LogP contribution in [-0.4, -0.2) is 0 Å². The lowest BCUT2D eigenvalue weighted by molar-refractivity contribution is 0.657. The lowest BCUT2D eigenvalue weighted by Gasteiger charge is -2.22. The second-order valence-electron chi connectivity index (χ2n) is 6.49. The number of rotatable bonds is 4. The normalized spacial score (nSPS) is 21.3. The number of hydrogen-bond donors (Lipinski definition) is 0. The van der Waals surface area contributed by atoms with E-state index in [0.717, 1.165) is 6.42 Å². The fourth-order valence-corrected chi connectivity index (χ4v) is 3.11. The fraction of sp³-hybridized carbons (Fsp3) is 0.333. The monoisotopic (exact) mass is 278 g/mol. The molecule has 0 radical (unpaired) electrons. The van der Waals surface area contributed by atoms with Crippen LogP contribution in [0.25, 0.3) is 5.57 Å². The van der Waals surface area contributed by atoms with Gasteiger partial charge >= 0.3 is 0 Å². The van der Waals surface area contributed by atoms with Gasteiger partial charge in [0, 0.05) is 5.41 Å². The number of hydrogen-bond acceptors (Lipinski definition) is 0. The van der Waals surface area contributed by atoms with Crippen LogP contribution < -0.4 is 0 Å². The van der Waals surface area contributed by atoms with Crippen molar-refractivity contribution in [3.05, 3.63) is 77.9 Å². The molecule has 1 unspecified atom stereocenters. The number of aryl methyl sites for hydroxylation is 1. The summed E-state index contributed by atoms with van der Waals surface area (Å²) in [6, 6.07) is 6.80. The molecule has 0 spiro atoms. The molecule has 0 bridgehead atoms. The Labute approximate surface area is 129 Å². The third-order valence-electron chi connectivity index (χ3n) is 4.39. The molecule has 1 atom stereocenters. The minimum atomic E-state index is 0.0527. The topological polar surface area (TPSA) is 0 Å². The molecule has 0 N–H and O–H groups in total. The van der Waals surface area contributed by atoms with Gasteiger partial charge in [-0.25, -0.2) is 0 Å². The fourth-order valence-electron chi connectivity index (χ4n) is 3.11. The minimum Gasteiger partial charge on any atom is -0.103 e. The molecule has 0 fully saturated rings. The summed E-state index contributed by atoms with van der Waals surface area (Å²) in [7, 11) is 0. The van der Waals surface area contributed by atoms with Crippen LogP contribution >= 0.6 is 0 Å². The number of fused-ring (bicyclic) bond motifs is 1. The van der Waals surface area contributed by atoms with Gasteiger partial charge in [-0.05, 0) is 41.5 Å². The zero-order valence-corrected chi connectivity index (χ0v) is 13.7. The molecule has 0 saturated heterocycles. The number of allylic oxidation sites excluding steroid dienone is 6. The first kappa shape index (κ1) is 15.6. The van der Waals surface area contributed by atoms with Gasteiger partial charge in [-0.15, -0.1) is 13.2 Å². The van der Waals surface area contributed by atoms with E-state index in [1.807, 2.05) is 12.2 Å². The van der Waals surface area contributed by atoms with Crippen LogP contribution in [-0.2, 0) is 5.41 Å². The molecular formula is C21H26. The van der Waals surface area contributed by atoms with Crippen molar-refractivity contribution >= 4 is 5.57 Å². The Morgan fingerprint density at radius 2 is 1.95 bits per heavy atom. The van der Waals surface area contributed by atoms with Crippen LogP contribution in [0.1, 0.15) is 43.9 Å². The summed E-state index contributed by atoms with van der Waals surface area (Å²) in [4.78, 5) is 0. The van der Waals surface area contributed by atoms with Gasteiger partial charge in [0.15, 0.2) is 0 Å². The molecule has 0 heterocycles. The van der Waals surface area contributed by atoms with Crippen molar-refractivity contribution in [2.24, 2.45) is 5.92 Å². The van der Waals surface area contributed by atoms with E-state index in [-0.39, 0.29) is 5.41 Å². The Kier molecular flexibility index (Phi) is 4.37. The molecule has 0 saturated carbocycles. The first-order chi connectivity index (χ1) is 9.91. The summed E-state index contributed by atoms with van der Waals surface area (Å²) in [6.45, 7) is 16.8. The Hall–Kier alpha value is -1.82. The van der Waals surface area contributed by atoms with Crippen LogP contribution in [0.2, 0.25) is 0 Å². The molecule has 0 heteroatoms. The molecule has 0 aromatic heterocycles. The maximum atomic E-state index is 3.92. The first-order valence-electron chi connectivity index (χ1n) is 7.69. The van der Waals surface area contributed by atoms with Crippen LogP contribution in [0.4, 0.5) is 0 Å². The zero-order chi connectivity index (χ0) is 15.6. The average Bonchev–Trinajstić information content (AvgIpc) is 2.64. The van der Waals surface area contributed by atoms with Crippen molar-refractivity contribution in [1.29, 1.82) is 0 Å². The summed E-state index contributed by atoms with van der Waals surface area (Å²) in [5.41, 5.74) is 6.95. The van der Waals surface area contributed by atoms with Gasteiger partial charge < -0.3 is 0 Å². The highest BCUT2D eigenvalue weighted by Gasteiger charge is 2.37. The average molecular weight is 278 g/mol. The Bertz CT molecular complexity index is 623. The molecule has 1 aliphatic rings. The predicted octanol–water partition coefficient (Wildman–Crippen LogP) is 5.99. The summed E-state index contributed by atoms with van der Waals surface area (Å²) >= 11 is 0. The summed E-state index contributed by atoms with van der Waals surface area (Å²) in [5.74, 6) is 0.371. The van der Waals surface area contributed by atoms with Crippen LogP contribution in [0.15, 0.2) is 61.2 Å². The van der Waals surface area contributed by atoms with E-state index in [4.69, 9.17) is 0 Å². The lowest BCUT2D eigenvalue weighted by atomic mass is 9.81. The molecular weight excluding hydrogens is 252 g/mol. The predicted molar refractivity (Wildman–Crippen MR) is 94.4 cm³/mol. The SMILES string of the molecule is C=CC/C=C1\C(=C/C(C)C=C)c2ccc(C)cc2C1(C)C. The Balaban J connectivity index is 2.68. The maximum absolute atomic E-state index is 3.92. The third-order valence-corrected chi connectivity index (χ3v) is 4.39. The summed E-state index contributed by atoms with van der Waals surface area (Å²) in [5, 5.41) is 0. The van der Waals surface area contributed by atoms with Crippen molar-refractivity contribution in [1.82, 2.24) is 0 Å². The molecule has 1 aliphatic carbocycles. The van der Waals surface area contributed by atoms with E-state index in [1.54, 1.807) is 0 Å². The van der Waals surface area contributed by atoms with Crippen LogP contribution in [0.3, 0.4) is 0 Å². The van der Waals surface area contributed by atoms with Crippen LogP contribution in [0.5, 0.6) is 0 Å². The molecule has 21 heavy (non-hydrogen) atoms. The van der Waals surface area contributed by atoms with E-state index in [1.165, 1.54) is 27.8 Å². The van der Waals surface area contributed by atoms with Gasteiger partial charge in [-0.2, -0.15) is 0 Å². The van der Waals surface area contributed by atoms with E-state index in [0.29, 0.717) is 5.92 Å². The van der Waals surface area contributed by atoms with E-state index >= 15 is 0 Å². The highest BCUT2D eigenvalue weighted by molar-refractivity contribution is 5.90. The Morgan fingerprint density at radius 1 is 1.24 bits per heavy atom. The van der Waals surface area contributed by atoms with E-state index in [2.05, 4.69) is 71.2 Å². The zero-order valence-electron chi connectivity index (χ0n) is 13.7. The summed E-state index contributed by atoms with van der Waals surface area (Å²) in [6.07, 6.45) is 9.53. The van der Waals surface area contributed by atoms with Gasteiger partial charge in [0.05, 0.1) is 0 Å².